The summed E-state index contributed by atoms with van der Waals surface area (Å²) in [4.78, 5) is 38.7. The summed E-state index contributed by atoms with van der Waals surface area (Å²) < 4.78 is 5.03. The zero-order valence-corrected chi connectivity index (χ0v) is 20.4. The van der Waals surface area contributed by atoms with Crippen molar-refractivity contribution < 1.29 is 29.4 Å². The number of benzene rings is 1. The summed E-state index contributed by atoms with van der Waals surface area (Å²) in [6.45, 7) is 1.33. The van der Waals surface area contributed by atoms with Crippen molar-refractivity contribution in [3.05, 3.63) is 35.4 Å². The minimum Gasteiger partial charge on any atom is -0.480 e. The molecule has 0 heterocycles. The van der Waals surface area contributed by atoms with Gasteiger partial charge in [-0.3, -0.25) is 14.8 Å². The van der Waals surface area contributed by atoms with Crippen LogP contribution >= 0.6 is 0 Å². The largest absolute Gasteiger partial charge is 0.480 e. The molecule has 8 N–H and O–H groups in total. The van der Waals surface area contributed by atoms with Gasteiger partial charge in [0, 0.05) is 6.42 Å². The number of nitrogens with two attached hydrogens (primary N) is 2. The van der Waals surface area contributed by atoms with Crippen LogP contribution in [-0.4, -0.2) is 52.8 Å². The van der Waals surface area contributed by atoms with Gasteiger partial charge in [0.2, 0.25) is 5.91 Å². The standard InChI is InChI=1S/C24H39N5O6/c1-17(35-16-21(31)32)22(23(33)29-34)28-20(30)14-8-6-4-2-3-5-7-11-18-12-9-10-13-19(18)15-27-24(25)26/h9-10,12-13,17,22,34H,2-8,11,14-16H2,1H3,(H,28,30)(H,29,33)(H,31,32)(H4,25,26,27). The Labute approximate surface area is 206 Å². The van der Waals surface area contributed by atoms with Crippen LogP contribution in [0.15, 0.2) is 29.3 Å². The summed E-state index contributed by atoms with van der Waals surface area (Å²) in [5.41, 5.74) is 14.7. The molecule has 1 rings (SSSR count). The SMILES string of the molecule is CC(OCC(=O)O)C(NC(=O)CCCCCCCCCc1ccccc1CN=C(N)N)C(=O)NO. The number of carboxylic acids is 1. The maximum Gasteiger partial charge on any atom is 0.329 e. The molecule has 0 bridgehead atoms. The van der Waals surface area contributed by atoms with Crippen molar-refractivity contribution >= 4 is 23.7 Å². The Balaban J connectivity index is 2.21. The van der Waals surface area contributed by atoms with Crippen LogP contribution in [-0.2, 0) is 32.1 Å². The Morgan fingerprint density at radius 2 is 1.60 bits per heavy atom. The Bertz CT molecular complexity index is 828. The molecule has 1 aromatic rings. The third kappa shape index (κ3) is 13.3. The van der Waals surface area contributed by atoms with Crippen LogP contribution in [0.3, 0.4) is 0 Å². The number of rotatable bonds is 18. The van der Waals surface area contributed by atoms with Crippen LogP contribution in [0.1, 0.15) is 69.4 Å². The lowest BCUT2D eigenvalue weighted by Gasteiger charge is -2.23. The van der Waals surface area contributed by atoms with E-state index in [-0.39, 0.29) is 18.3 Å². The first-order chi connectivity index (χ1) is 16.7. The fraction of sp³-hybridized carbons (Fsp3) is 0.583. The van der Waals surface area contributed by atoms with Crippen LogP contribution in [0, 0.1) is 0 Å². The zero-order chi connectivity index (χ0) is 26.1. The average molecular weight is 494 g/mol. The van der Waals surface area contributed by atoms with E-state index in [1.165, 1.54) is 18.0 Å². The van der Waals surface area contributed by atoms with E-state index in [0.717, 1.165) is 50.5 Å². The van der Waals surface area contributed by atoms with E-state index in [4.69, 9.17) is 26.5 Å². The van der Waals surface area contributed by atoms with Gasteiger partial charge in [0.05, 0.1) is 12.6 Å². The van der Waals surface area contributed by atoms with E-state index in [1.807, 2.05) is 18.2 Å². The van der Waals surface area contributed by atoms with Gasteiger partial charge in [-0.2, -0.15) is 0 Å². The summed E-state index contributed by atoms with van der Waals surface area (Å²) in [7, 11) is 0. The van der Waals surface area contributed by atoms with Crippen molar-refractivity contribution in [3.63, 3.8) is 0 Å². The summed E-state index contributed by atoms with van der Waals surface area (Å²) in [5.74, 6) is -2.33. The van der Waals surface area contributed by atoms with E-state index in [2.05, 4.69) is 16.4 Å². The summed E-state index contributed by atoms with van der Waals surface area (Å²) in [5, 5.41) is 20.0. The highest BCUT2D eigenvalue weighted by atomic mass is 16.5. The maximum absolute atomic E-state index is 12.2. The second kappa shape index (κ2) is 17.3. The fourth-order valence-electron chi connectivity index (χ4n) is 3.63. The summed E-state index contributed by atoms with van der Waals surface area (Å²) >= 11 is 0. The molecular formula is C24H39N5O6. The van der Waals surface area contributed by atoms with E-state index in [1.54, 1.807) is 0 Å². The van der Waals surface area contributed by atoms with Crippen LogP contribution in [0.2, 0.25) is 0 Å². The number of nitrogens with zero attached hydrogens (tertiary/aromatic N) is 1. The molecular weight excluding hydrogens is 454 g/mol. The van der Waals surface area contributed by atoms with Crippen molar-refractivity contribution in [3.8, 4) is 0 Å². The van der Waals surface area contributed by atoms with Crippen LogP contribution in [0.5, 0.6) is 0 Å². The Morgan fingerprint density at radius 1 is 1.00 bits per heavy atom. The predicted octanol–water partition coefficient (Wildman–Crippen LogP) is 1.60. The highest BCUT2D eigenvalue weighted by Crippen LogP contribution is 2.15. The van der Waals surface area contributed by atoms with E-state index in [9.17, 15) is 14.4 Å². The summed E-state index contributed by atoms with van der Waals surface area (Å²) in [6, 6.07) is 6.97. The highest BCUT2D eigenvalue weighted by molar-refractivity contribution is 5.87. The van der Waals surface area contributed by atoms with Crippen molar-refractivity contribution in [2.24, 2.45) is 16.5 Å². The average Bonchev–Trinajstić information content (AvgIpc) is 2.83. The number of hydrogen-bond acceptors (Lipinski definition) is 6. The number of unbranched alkanes of at least 4 members (excludes halogenated alkanes) is 6. The number of amides is 2. The normalized spacial score (nSPS) is 12.4. The zero-order valence-electron chi connectivity index (χ0n) is 20.4. The first-order valence-electron chi connectivity index (χ1n) is 11.9. The molecule has 0 saturated heterocycles. The number of carboxylic acid groups (broad SMARTS) is 1. The molecule has 2 amide bonds. The molecule has 0 aliphatic heterocycles. The maximum atomic E-state index is 12.2. The molecule has 0 saturated carbocycles. The fourth-order valence-corrected chi connectivity index (χ4v) is 3.63. The molecule has 2 unspecified atom stereocenters. The van der Waals surface area contributed by atoms with Gasteiger partial charge in [-0.25, -0.2) is 15.3 Å². The van der Waals surface area contributed by atoms with E-state index >= 15 is 0 Å². The van der Waals surface area contributed by atoms with Gasteiger partial charge in [-0.05, 0) is 37.3 Å². The Morgan fingerprint density at radius 3 is 2.20 bits per heavy atom. The van der Waals surface area contributed by atoms with Gasteiger partial charge < -0.3 is 26.6 Å². The van der Waals surface area contributed by atoms with Gasteiger partial charge in [0.25, 0.3) is 5.91 Å². The number of aliphatic imine (C=N–C) groups is 1. The number of nitrogens with one attached hydrogen (secondary N) is 2. The number of ether oxygens (including phenoxy) is 1. The lowest BCUT2D eigenvalue weighted by atomic mass is 10.00. The van der Waals surface area contributed by atoms with Crippen molar-refractivity contribution in [2.45, 2.75) is 83.4 Å². The molecule has 2 atom stereocenters. The summed E-state index contributed by atoms with van der Waals surface area (Å²) in [6.07, 6.45) is 7.24. The van der Waals surface area contributed by atoms with E-state index in [0.29, 0.717) is 13.0 Å². The third-order valence-electron chi connectivity index (χ3n) is 5.55. The van der Waals surface area contributed by atoms with Gasteiger partial charge in [-0.1, -0.05) is 56.4 Å². The highest BCUT2D eigenvalue weighted by Gasteiger charge is 2.27. The monoisotopic (exact) mass is 493 g/mol. The molecule has 0 aliphatic rings. The minimum atomic E-state index is -1.20. The van der Waals surface area contributed by atoms with Crippen LogP contribution < -0.4 is 22.3 Å². The lowest BCUT2D eigenvalue weighted by Crippen LogP contribution is -2.52. The number of aliphatic carboxylic acids is 1. The van der Waals surface area contributed by atoms with Gasteiger partial charge in [0.15, 0.2) is 5.96 Å². The Kier molecular flexibility index (Phi) is 14.7. The van der Waals surface area contributed by atoms with Gasteiger partial charge >= 0.3 is 5.97 Å². The van der Waals surface area contributed by atoms with Crippen molar-refractivity contribution in [1.29, 1.82) is 0 Å². The number of carbonyl (C=O) groups excluding carboxylic acids is 2. The molecule has 0 aliphatic carbocycles. The second-order valence-electron chi connectivity index (χ2n) is 8.42. The van der Waals surface area contributed by atoms with E-state index < -0.39 is 30.6 Å². The number of hydroxylamine groups is 1. The molecule has 1 aromatic carbocycles. The van der Waals surface area contributed by atoms with Gasteiger partial charge in [-0.15, -0.1) is 0 Å². The number of aryl methyl sites for hydroxylation is 1. The molecule has 0 spiro atoms. The second-order valence-corrected chi connectivity index (χ2v) is 8.42. The topological polar surface area (TPSA) is 189 Å². The van der Waals surface area contributed by atoms with Crippen LogP contribution in [0.4, 0.5) is 0 Å². The van der Waals surface area contributed by atoms with Crippen LogP contribution in [0.25, 0.3) is 0 Å². The first kappa shape index (κ1) is 29.9. The molecule has 11 nitrogen and oxygen atoms in total. The first-order valence-corrected chi connectivity index (χ1v) is 11.9. The third-order valence-corrected chi connectivity index (χ3v) is 5.55. The molecule has 35 heavy (non-hydrogen) atoms. The van der Waals surface area contributed by atoms with Crippen molar-refractivity contribution in [2.75, 3.05) is 6.61 Å². The minimum absolute atomic E-state index is 0.0899. The lowest BCUT2D eigenvalue weighted by molar-refractivity contribution is -0.148. The number of hydrogen-bond donors (Lipinski definition) is 6. The number of guanidine groups is 1. The number of carbonyl (C=O) groups is 3. The molecule has 0 radical (unpaired) electrons. The smallest absolute Gasteiger partial charge is 0.329 e. The predicted molar refractivity (Wildman–Crippen MR) is 132 cm³/mol. The molecule has 196 valence electrons. The molecule has 11 heteroatoms. The Hall–Kier alpha value is -3.18. The van der Waals surface area contributed by atoms with Crippen molar-refractivity contribution in [1.82, 2.24) is 10.8 Å². The molecule has 0 fully saturated rings. The quantitative estimate of drug-likeness (QED) is 0.0584. The van der Waals surface area contributed by atoms with Gasteiger partial charge in [0.1, 0.15) is 12.6 Å². The molecule has 0 aromatic heterocycles.